The maximum Gasteiger partial charge on any atom is 0.416 e. The summed E-state index contributed by atoms with van der Waals surface area (Å²) >= 11 is 0. The topological polar surface area (TPSA) is 101 Å². The van der Waals surface area contributed by atoms with Crippen molar-refractivity contribution < 1.29 is 44.3 Å². The van der Waals surface area contributed by atoms with Gasteiger partial charge in [0.15, 0.2) is 0 Å². The molecule has 0 saturated heterocycles. The molecule has 2 amide bonds. The van der Waals surface area contributed by atoms with Gasteiger partial charge in [0.25, 0.3) is 0 Å². The Bertz CT molecular complexity index is 1620. The fourth-order valence-corrected chi connectivity index (χ4v) is 4.00. The Hall–Kier alpha value is -4.66. The van der Waals surface area contributed by atoms with E-state index in [4.69, 9.17) is 4.74 Å². The summed E-state index contributed by atoms with van der Waals surface area (Å²) in [5.41, 5.74) is -2.76. The van der Waals surface area contributed by atoms with Gasteiger partial charge in [0.05, 0.1) is 22.5 Å². The van der Waals surface area contributed by atoms with Crippen molar-refractivity contribution in [2.75, 3.05) is 16.5 Å². The van der Waals surface area contributed by atoms with Crippen LogP contribution < -0.4 is 15.0 Å². The minimum atomic E-state index is -4.77. The van der Waals surface area contributed by atoms with Crippen LogP contribution in [0.3, 0.4) is 0 Å². The van der Waals surface area contributed by atoms with Crippen LogP contribution >= 0.6 is 0 Å². The van der Waals surface area contributed by atoms with E-state index >= 15 is 0 Å². The number of hydrogen-bond donors (Lipinski definition) is 1. The van der Waals surface area contributed by atoms with E-state index in [0.717, 1.165) is 42.7 Å². The number of amides is 2. The average molecular weight is 597 g/mol. The largest absolute Gasteiger partial charge is 0.439 e. The number of rotatable bonds is 6. The van der Waals surface area contributed by atoms with Gasteiger partial charge in [-0.1, -0.05) is 12.1 Å². The summed E-state index contributed by atoms with van der Waals surface area (Å²) in [6, 6.07) is 12.9. The SMILES string of the molecule is CS(=O)(=O)c1nccc(Oc2ccc(NC(=O)N(c3cccc(C(F)(F)F)c3)c3cccc(C(F)(F)F)c3)cc2)n1. The van der Waals surface area contributed by atoms with Crippen LogP contribution in [0.5, 0.6) is 11.6 Å². The second-order valence-corrected chi connectivity index (χ2v) is 10.3. The number of anilines is 3. The van der Waals surface area contributed by atoms with Crippen LogP contribution in [0, 0.1) is 0 Å². The van der Waals surface area contributed by atoms with Crippen molar-refractivity contribution >= 4 is 32.9 Å². The van der Waals surface area contributed by atoms with Crippen molar-refractivity contribution in [3.63, 3.8) is 0 Å². The molecular formula is C26H18F6N4O4S. The molecule has 1 N–H and O–H groups in total. The van der Waals surface area contributed by atoms with Crippen LogP contribution in [0.2, 0.25) is 0 Å². The number of carbonyl (C=O) groups excluding carboxylic acids is 1. The van der Waals surface area contributed by atoms with Gasteiger partial charge in [0, 0.05) is 24.2 Å². The summed E-state index contributed by atoms with van der Waals surface area (Å²) in [6.07, 6.45) is -7.43. The average Bonchev–Trinajstić information content (AvgIpc) is 2.89. The molecule has 0 unspecified atom stereocenters. The first-order chi connectivity index (χ1) is 19.1. The molecular weight excluding hydrogens is 578 g/mol. The monoisotopic (exact) mass is 596 g/mol. The van der Waals surface area contributed by atoms with E-state index in [-0.39, 0.29) is 28.7 Å². The summed E-state index contributed by atoms with van der Waals surface area (Å²) in [5.74, 6) is 0.0891. The summed E-state index contributed by atoms with van der Waals surface area (Å²) in [7, 11) is -3.69. The van der Waals surface area contributed by atoms with Crippen molar-refractivity contribution in [1.29, 1.82) is 0 Å². The highest BCUT2D eigenvalue weighted by molar-refractivity contribution is 7.90. The number of carbonyl (C=O) groups is 1. The van der Waals surface area contributed by atoms with Gasteiger partial charge in [-0.15, -0.1) is 0 Å². The highest BCUT2D eigenvalue weighted by Crippen LogP contribution is 2.37. The number of aromatic nitrogens is 2. The molecule has 1 aromatic heterocycles. The van der Waals surface area contributed by atoms with Gasteiger partial charge >= 0.3 is 18.4 Å². The molecule has 0 aliphatic rings. The lowest BCUT2D eigenvalue weighted by Crippen LogP contribution is -2.31. The van der Waals surface area contributed by atoms with Crippen molar-refractivity contribution in [2.24, 2.45) is 0 Å². The first kappa shape index (κ1) is 29.3. The molecule has 0 fully saturated rings. The molecule has 1 heterocycles. The van der Waals surface area contributed by atoms with E-state index in [1.807, 2.05) is 0 Å². The van der Waals surface area contributed by atoms with Crippen molar-refractivity contribution in [3.8, 4) is 11.6 Å². The molecule has 4 rings (SSSR count). The summed E-state index contributed by atoms with van der Waals surface area (Å²) in [6.45, 7) is 0. The summed E-state index contributed by atoms with van der Waals surface area (Å²) < 4.78 is 109. The van der Waals surface area contributed by atoms with Gasteiger partial charge in [-0.05, 0) is 60.7 Å². The zero-order valence-corrected chi connectivity index (χ0v) is 21.6. The summed E-state index contributed by atoms with van der Waals surface area (Å²) in [5, 5.41) is 1.98. The quantitative estimate of drug-likeness (QED) is 0.189. The lowest BCUT2D eigenvalue weighted by atomic mass is 10.1. The predicted octanol–water partition coefficient (Wildman–Crippen LogP) is 7.08. The zero-order chi connectivity index (χ0) is 30.0. The van der Waals surface area contributed by atoms with Gasteiger partial charge in [-0.25, -0.2) is 18.2 Å². The second kappa shape index (κ2) is 11.1. The van der Waals surface area contributed by atoms with Crippen LogP contribution in [0.4, 0.5) is 48.2 Å². The third-order valence-electron chi connectivity index (χ3n) is 5.33. The van der Waals surface area contributed by atoms with Crippen molar-refractivity contribution in [1.82, 2.24) is 9.97 Å². The molecule has 3 aromatic carbocycles. The van der Waals surface area contributed by atoms with Crippen molar-refractivity contribution in [2.45, 2.75) is 17.5 Å². The third kappa shape index (κ3) is 7.30. The van der Waals surface area contributed by atoms with Gasteiger partial charge < -0.3 is 10.1 Å². The minimum Gasteiger partial charge on any atom is -0.439 e. The first-order valence-corrected chi connectivity index (χ1v) is 13.3. The number of alkyl halides is 6. The Morgan fingerprint density at radius 3 is 1.85 bits per heavy atom. The van der Waals surface area contributed by atoms with Crippen LogP contribution in [0.25, 0.3) is 0 Å². The molecule has 0 aliphatic carbocycles. The molecule has 41 heavy (non-hydrogen) atoms. The molecule has 0 bridgehead atoms. The van der Waals surface area contributed by atoms with E-state index in [1.54, 1.807) is 0 Å². The molecule has 8 nitrogen and oxygen atoms in total. The fraction of sp³-hybridized carbons (Fsp3) is 0.115. The number of halogens is 6. The number of sulfone groups is 1. The van der Waals surface area contributed by atoms with Crippen LogP contribution in [0.1, 0.15) is 11.1 Å². The molecule has 214 valence electrons. The van der Waals surface area contributed by atoms with Gasteiger partial charge in [-0.2, -0.15) is 31.3 Å². The minimum absolute atomic E-state index is 0.0857. The lowest BCUT2D eigenvalue weighted by molar-refractivity contribution is -0.138. The van der Waals surface area contributed by atoms with Crippen LogP contribution in [0.15, 0.2) is 90.2 Å². The molecule has 0 aliphatic heterocycles. The number of hydrogen-bond acceptors (Lipinski definition) is 6. The third-order valence-corrected chi connectivity index (χ3v) is 6.19. The highest BCUT2D eigenvalue weighted by Gasteiger charge is 2.33. The number of nitrogens with one attached hydrogen (secondary N) is 1. The van der Waals surface area contributed by atoms with E-state index in [0.29, 0.717) is 17.0 Å². The Morgan fingerprint density at radius 1 is 0.829 bits per heavy atom. The zero-order valence-electron chi connectivity index (χ0n) is 20.7. The molecule has 0 spiro atoms. The molecule has 4 aromatic rings. The fourth-order valence-electron chi connectivity index (χ4n) is 3.49. The molecule has 0 saturated carbocycles. The lowest BCUT2D eigenvalue weighted by Gasteiger charge is -2.25. The number of urea groups is 1. The van der Waals surface area contributed by atoms with E-state index in [2.05, 4.69) is 15.3 Å². The van der Waals surface area contributed by atoms with Crippen LogP contribution in [-0.4, -0.2) is 30.7 Å². The number of benzene rings is 3. The maximum absolute atomic E-state index is 13.4. The Morgan fingerprint density at radius 2 is 1.37 bits per heavy atom. The Kier molecular flexibility index (Phi) is 7.92. The van der Waals surface area contributed by atoms with E-state index < -0.39 is 44.5 Å². The Balaban J connectivity index is 1.63. The normalized spacial score (nSPS) is 12.1. The molecule has 0 radical (unpaired) electrons. The summed E-state index contributed by atoms with van der Waals surface area (Å²) in [4.78, 5) is 21.4. The van der Waals surface area contributed by atoms with Gasteiger partial charge in [-0.3, -0.25) is 4.90 Å². The van der Waals surface area contributed by atoms with Crippen LogP contribution in [-0.2, 0) is 22.2 Å². The van der Waals surface area contributed by atoms with E-state index in [9.17, 15) is 39.6 Å². The van der Waals surface area contributed by atoms with E-state index in [1.165, 1.54) is 36.5 Å². The smallest absolute Gasteiger partial charge is 0.416 e. The molecule has 0 atom stereocenters. The number of nitrogens with zero attached hydrogens (tertiary/aromatic N) is 3. The highest BCUT2D eigenvalue weighted by atomic mass is 32.2. The second-order valence-electron chi connectivity index (χ2n) is 8.44. The predicted molar refractivity (Wildman–Crippen MR) is 136 cm³/mol. The van der Waals surface area contributed by atoms with Gasteiger partial charge in [0.2, 0.25) is 20.9 Å². The number of ether oxygens (including phenoxy) is 1. The van der Waals surface area contributed by atoms with Gasteiger partial charge in [0.1, 0.15) is 5.75 Å². The maximum atomic E-state index is 13.4. The molecule has 15 heteroatoms. The Labute approximate surface area is 229 Å². The van der Waals surface area contributed by atoms with Crippen molar-refractivity contribution in [3.05, 3.63) is 96.2 Å². The standard InChI is InChI=1S/C26H18F6N4O4S/c1-41(38,39)23-33-13-12-22(35-23)40-21-10-8-18(9-11-21)34-24(37)36(19-6-2-4-16(14-19)25(27,28)29)20-7-3-5-17(15-20)26(30,31)32/h2-15H,1H3,(H,34,37). The first-order valence-electron chi connectivity index (χ1n) is 11.4.